The number of halogens is 1. The second kappa shape index (κ2) is 11.6. The standard InChI is InChI=1S/C27H26ClN5O4/c1-5-30-37-26(21-9-7-6-8-20(21)25(32-35-4)27(34)29-2)24-22-15-14-19(16-23(22)33(3)31-24)36-18-12-10-17(28)11-13-18/h5-16,26H,1-4H3,(H,29,34). The highest BCUT2D eigenvalue weighted by Crippen LogP contribution is 2.35. The summed E-state index contributed by atoms with van der Waals surface area (Å²) in [6.07, 6.45) is 0.799. The molecule has 0 bridgehead atoms. The Hall–Kier alpha value is -4.37. The van der Waals surface area contributed by atoms with Gasteiger partial charge in [0.1, 0.15) is 24.3 Å². The van der Waals surface area contributed by atoms with Crippen molar-refractivity contribution in [1.82, 2.24) is 15.1 Å². The van der Waals surface area contributed by atoms with Crippen molar-refractivity contribution in [3.8, 4) is 11.5 Å². The Labute approximate surface area is 219 Å². The van der Waals surface area contributed by atoms with Crippen LogP contribution in [0.2, 0.25) is 5.02 Å². The molecular formula is C27H26ClN5O4. The van der Waals surface area contributed by atoms with Gasteiger partial charge in [0.25, 0.3) is 5.91 Å². The van der Waals surface area contributed by atoms with E-state index in [1.165, 1.54) is 14.2 Å². The minimum absolute atomic E-state index is 0.105. The van der Waals surface area contributed by atoms with Crippen molar-refractivity contribution in [3.63, 3.8) is 0 Å². The van der Waals surface area contributed by atoms with Crippen LogP contribution in [0.15, 0.2) is 77.0 Å². The molecule has 3 aromatic carbocycles. The third-order valence-electron chi connectivity index (χ3n) is 5.54. The van der Waals surface area contributed by atoms with Crippen LogP contribution in [0.3, 0.4) is 0 Å². The molecule has 0 fully saturated rings. The lowest BCUT2D eigenvalue weighted by atomic mass is 9.95. The van der Waals surface area contributed by atoms with Gasteiger partial charge >= 0.3 is 0 Å². The van der Waals surface area contributed by atoms with Crippen LogP contribution in [-0.2, 0) is 21.5 Å². The fourth-order valence-electron chi connectivity index (χ4n) is 3.90. The first-order valence-corrected chi connectivity index (χ1v) is 11.8. The van der Waals surface area contributed by atoms with E-state index in [1.807, 2.05) is 43.4 Å². The number of ether oxygens (including phenoxy) is 1. The third-order valence-corrected chi connectivity index (χ3v) is 5.80. The maximum Gasteiger partial charge on any atom is 0.273 e. The highest BCUT2D eigenvalue weighted by molar-refractivity contribution is 6.45. The molecule has 1 heterocycles. The molecule has 1 aromatic heterocycles. The maximum atomic E-state index is 12.6. The molecule has 190 valence electrons. The summed E-state index contributed by atoms with van der Waals surface area (Å²) in [5.41, 5.74) is 2.72. The molecular weight excluding hydrogens is 494 g/mol. The first-order valence-electron chi connectivity index (χ1n) is 11.4. The van der Waals surface area contributed by atoms with Crippen molar-refractivity contribution in [1.29, 1.82) is 0 Å². The van der Waals surface area contributed by atoms with Crippen LogP contribution in [0.5, 0.6) is 11.5 Å². The molecule has 0 aliphatic rings. The predicted molar refractivity (Wildman–Crippen MR) is 143 cm³/mol. The van der Waals surface area contributed by atoms with Gasteiger partial charge < -0.3 is 19.7 Å². The van der Waals surface area contributed by atoms with Crippen LogP contribution in [0.4, 0.5) is 0 Å². The average molecular weight is 520 g/mol. The minimum Gasteiger partial charge on any atom is -0.457 e. The molecule has 0 aliphatic carbocycles. The van der Waals surface area contributed by atoms with Gasteiger partial charge in [-0.3, -0.25) is 9.48 Å². The van der Waals surface area contributed by atoms with E-state index >= 15 is 0 Å². The number of benzene rings is 3. The molecule has 9 nitrogen and oxygen atoms in total. The Balaban J connectivity index is 1.81. The van der Waals surface area contributed by atoms with Gasteiger partial charge in [-0.15, -0.1) is 0 Å². The van der Waals surface area contributed by atoms with Crippen molar-refractivity contribution in [2.45, 2.75) is 13.0 Å². The number of oxime groups is 2. The van der Waals surface area contributed by atoms with Crippen molar-refractivity contribution in [2.24, 2.45) is 17.4 Å². The molecule has 4 aromatic rings. The van der Waals surface area contributed by atoms with Crippen LogP contribution in [0, 0.1) is 0 Å². The monoisotopic (exact) mass is 519 g/mol. The van der Waals surface area contributed by atoms with Crippen LogP contribution >= 0.6 is 11.6 Å². The summed E-state index contributed by atoms with van der Waals surface area (Å²) < 4.78 is 7.75. The number of rotatable bonds is 9. The normalized spacial score (nSPS) is 12.5. The highest BCUT2D eigenvalue weighted by atomic mass is 35.5. The number of nitrogens with one attached hydrogen (secondary N) is 1. The minimum atomic E-state index is -0.745. The Morgan fingerprint density at radius 2 is 1.84 bits per heavy atom. The molecule has 0 spiro atoms. The van der Waals surface area contributed by atoms with Crippen molar-refractivity contribution >= 4 is 40.3 Å². The van der Waals surface area contributed by atoms with E-state index in [4.69, 9.17) is 31.1 Å². The molecule has 0 saturated heterocycles. The lowest BCUT2D eigenvalue weighted by Crippen LogP contribution is -2.30. The lowest BCUT2D eigenvalue weighted by molar-refractivity contribution is -0.114. The van der Waals surface area contributed by atoms with Gasteiger partial charge in [-0.05, 0) is 43.3 Å². The van der Waals surface area contributed by atoms with Gasteiger partial charge in [0.05, 0.1) is 5.52 Å². The largest absolute Gasteiger partial charge is 0.457 e. The van der Waals surface area contributed by atoms with E-state index in [0.29, 0.717) is 33.3 Å². The summed E-state index contributed by atoms with van der Waals surface area (Å²) in [6, 6.07) is 20.1. The van der Waals surface area contributed by atoms with Crippen molar-refractivity contribution in [3.05, 3.63) is 88.6 Å². The molecule has 4 rings (SSSR count). The number of aryl methyl sites for hydroxylation is 1. The number of carbonyl (C=O) groups is 1. The van der Waals surface area contributed by atoms with Crippen LogP contribution < -0.4 is 10.1 Å². The fourth-order valence-corrected chi connectivity index (χ4v) is 4.03. The van der Waals surface area contributed by atoms with Gasteiger partial charge in [0.2, 0.25) is 0 Å². The number of likely N-dealkylation sites (N-methyl/N-ethyl adjacent to an activating group) is 1. The molecule has 1 N–H and O–H groups in total. The van der Waals surface area contributed by atoms with Crippen LogP contribution in [-0.4, -0.2) is 41.8 Å². The van der Waals surface area contributed by atoms with E-state index in [-0.39, 0.29) is 5.71 Å². The third kappa shape index (κ3) is 5.57. The lowest BCUT2D eigenvalue weighted by Gasteiger charge is -2.18. The zero-order valence-corrected chi connectivity index (χ0v) is 21.6. The summed E-state index contributed by atoms with van der Waals surface area (Å²) in [5.74, 6) is 0.905. The molecule has 1 unspecified atom stereocenters. The highest BCUT2D eigenvalue weighted by Gasteiger charge is 2.29. The first kappa shape index (κ1) is 25.7. The number of nitrogens with zero attached hydrogens (tertiary/aromatic N) is 4. The SMILES string of the molecule is CC=NOC(c1ccccc1C(=NOC)C(=O)NC)c1nn(C)c2cc(Oc3ccc(Cl)cc3)ccc12. The van der Waals surface area contributed by atoms with Crippen LogP contribution in [0.25, 0.3) is 10.9 Å². The van der Waals surface area contributed by atoms with E-state index < -0.39 is 12.0 Å². The van der Waals surface area contributed by atoms with E-state index in [2.05, 4.69) is 15.6 Å². The Kier molecular flexibility index (Phi) is 8.05. The molecule has 1 atom stereocenters. The number of aromatic nitrogens is 2. The summed E-state index contributed by atoms with van der Waals surface area (Å²) in [4.78, 5) is 23.5. The summed E-state index contributed by atoms with van der Waals surface area (Å²) >= 11 is 5.98. The number of fused-ring (bicyclic) bond motifs is 1. The van der Waals surface area contributed by atoms with Crippen molar-refractivity contribution in [2.75, 3.05) is 14.2 Å². The second-order valence-electron chi connectivity index (χ2n) is 7.88. The van der Waals surface area contributed by atoms with Gasteiger partial charge in [-0.2, -0.15) is 5.10 Å². The predicted octanol–water partition coefficient (Wildman–Crippen LogP) is 5.23. The number of amides is 1. The second-order valence-corrected chi connectivity index (χ2v) is 8.32. The molecule has 10 heteroatoms. The van der Waals surface area contributed by atoms with Gasteiger partial charge in [-0.1, -0.05) is 46.2 Å². The Bertz CT molecular complexity index is 1460. The van der Waals surface area contributed by atoms with Gasteiger partial charge in [-0.25, -0.2) is 0 Å². The maximum absolute atomic E-state index is 12.6. The van der Waals surface area contributed by atoms with Crippen LogP contribution in [0.1, 0.15) is 29.8 Å². The molecule has 0 aliphatic heterocycles. The Morgan fingerprint density at radius 3 is 2.54 bits per heavy atom. The fraction of sp³-hybridized carbons (Fsp3) is 0.185. The summed E-state index contributed by atoms with van der Waals surface area (Å²) in [6.45, 7) is 1.75. The van der Waals surface area contributed by atoms with Crippen molar-refractivity contribution < 1.29 is 19.2 Å². The average Bonchev–Trinajstić information content (AvgIpc) is 3.24. The molecule has 0 saturated carbocycles. The first-order chi connectivity index (χ1) is 18.0. The number of hydrogen-bond donors (Lipinski definition) is 1. The molecule has 37 heavy (non-hydrogen) atoms. The van der Waals surface area contributed by atoms with Gasteiger partial charge in [0, 0.05) is 47.9 Å². The van der Waals surface area contributed by atoms with E-state index in [9.17, 15) is 4.79 Å². The topological polar surface area (TPSA) is 99.3 Å². The van der Waals surface area contributed by atoms with Gasteiger partial charge in [0.15, 0.2) is 11.8 Å². The summed E-state index contributed by atoms with van der Waals surface area (Å²) in [5, 5.41) is 16.9. The number of hydrogen-bond acceptors (Lipinski definition) is 7. The zero-order chi connectivity index (χ0) is 26.4. The Morgan fingerprint density at radius 1 is 1.11 bits per heavy atom. The quantitative estimate of drug-likeness (QED) is 0.241. The van der Waals surface area contributed by atoms with E-state index in [0.717, 1.165) is 10.9 Å². The number of carbonyl (C=O) groups excluding carboxylic acids is 1. The zero-order valence-electron chi connectivity index (χ0n) is 20.8. The molecule has 1 amide bonds. The summed E-state index contributed by atoms with van der Waals surface area (Å²) in [7, 11) is 4.75. The molecule has 0 radical (unpaired) electrons. The smallest absolute Gasteiger partial charge is 0.273 e. The van der Waals surface area contributed by atoms with E-state index in [1.54, 1.807) is 48.2 Å².